The number of benzene rings is 3. The first kappa shape index (κ1) is 31.0. The summed E-state index contributed by atoms with van der Waals surface area (Å²) in [6.07, 6.45) is 1.09. The van der Waals surface area contributed by atoms with E-state index in [1.165, 1.54) is 23.1 Å². The van der Waals surface area contributed by atoms with Crippen molar-refractivity contribution in [1.82, 2.24) is 10.2 Å². The Kier molecular flexibility index (Phi) is 11.0. The van der Waals surface area contributed by atoms with Crippen molar-refractivity contribution in [2.75, 3.05) is 24.5 Å². The molecule has 3 aromatic carbocycles. The second-order valence-electron chi connectivity index (χ2n) is 9.39. The lowest BCUT2D eigenvalue weighted by atomic mass is 10.1. The number of sulfonamides is 1. The van der Waals surface area contributed by atoms with Crippen molar-refractivity contribution in [3.05, 3.63) is 88.9 Å². The van der Waals surface area contributed by atoms with Crippen molar-refractivity contribution in [1.29, 1.82) is 0 Å². The van der Waals surface area contributed by atoms with Crippen molar-refractivity contribution in [2.24, 2.45) is 0 Å². The lowest BCUT2D eigenvalue weighted by Gasteiger charge is -2.33. The van der Waals surface area contributed by atoms with Gasteiger partial charge in [-0.2, -0.15) is 0 Å². The third-order valence-electron chi connectivity index (χ3n) is 6.43. The standard InChI is InChI=1S/C30H36ClN3O5S/c1-5-18-32-30(36)28(6-2)33(20-23-12-14-26(39-4)15-13-23)29(35)21-34(25-9-7-8-24(31)19-25)40(37,38)27-16-10-22(3)11-17-27/h7-17,19,28H,5-6,18,20-21H2,1-4H3,(H,32,36)/t28-/m1/s1. The van der Waals surface area contributed by atoms with Crippen molar-refractivity contribution >= 4 is 39.1 Å². The van der Waals surface area contributed by atoms with E-state index < -0.39 is 28.5 Å². The summed E-state index contributed by atoms with van der Waals surface area (Å²) in [5.74, 6) is -0.155. The van der Waals surface area contributed by atoms with E-state index >= 15 is 0 Å². The van der Waals surface area contributed by atoms with Crippen LogP contribution in [-0.4, -0.2) is 51.4 Å². The normalized spacial score (nSPS) is 11.9. The molecule has 40 heavy (non-hydrogen) atoms. The predicted octanol–water partition coefficient (Wildman–Crippen LogP) is 5.19. The van der Waals surface area contributed by atoms with Gasteiger partial charge in [0.2, 0.25) is 11.8 Å². The quantitative estimate of drug-likeness (QED) is 0.298. The minimum atomic E-state index is -4.15. The molecule has 3 aromatic rings. The Morgan fingerprint density at radius 2 is 1.68 bits per heavy atom. The van der Waals surface area contributed by atoms with Crippen LogP contribution in [0.4, 0.5) is 5.69 Å². The first-order valence-electron chi connectivity index (χ1n) is 13.2. The molecule has 1 N–H and O–H groups in total. The Hall–Kier alpha value is -3.56. The fourth-order valence-corrected chi connectivity index (χ4v) is 5.80. The maximum atomic E-state index is 14.0. The van der Waals surface area contributed by atoms with Crippen LogP contribution in [0, 0.1) is 6.92 Å². The van der Waals surface area contributed by atoms with Crippen LogP contribution in [0.5, 0.6) is 5.75 Å². The number of aryl methyl sites for hydroxylation is 1. The number of hydrogen-bond donors (Lipinski definition) is 1. The van der Waals surface area contributed by atoms with Gasteiger partial charge in [0.15, 0.2) is 0 Å². The molecule has 0 bridgehead atoms. The summed E-state index contributed by atoms with van der Waals surface area (Å²) in [6, 6.07) is 19.1. The van der Waals surface area contributed by atoms with Crippen LogP contribution in [0.3, 0.4) is 0 Å². The lowest BCUT2D eigenvalue weighted by Crippen LogP contribution is -2.52. The number of methoxy groups -OCH3 is 1. The Balaban J connectivity index is 2.04. The maximum Gasteiger partial charge on any atom is 0.264 e. The molecule has 214 valence electrons. The van der Waals surface area contributed by atoms with Crippen molar-refractivity contribution in [3.8, 4) is 5.75 Å². The highest BCUT2D eigenvalue weighted by molar-refractivity contribution is 7.92. The number of hydrogen-bond acceptors (Lipinski definition) is 5. The molecule has 0 fully saturated rings. The minimum Gasteiger partial charge on any atom is -0.497 e. The number of halogens is 1. The number of nitrogens with one attached hydrogen (secondary N) is 1. The maximum absolute atomic E-state index is 14.0. The molecule has 0 aromatic heterocycles. The summed E-state index contributed by atoms with van der Waals surface area (Å²) in [7, 11) is -2.59. The fourth-order valence-electron chi connectivity index (χ4n) is 4.21. The van der Waals surface area contributed by atoms with Gasteiger partial charge in [0, 0.05) is 18.1 Å². The largest absolute Gasteiger partial charge is 0.497 e. The van der Waals surface area contributed by atoms with Gasteiger partial charge in [-0.3, -0.25) is 13.9 Å². The van der Waals surface area contributed by atoms with Gasteiger partial charge in [0.1, 0.15) is 18.3 Å². The highest BCUT2D eigenvalue weighted by Gasteiger charge is 2.33. The van der Waals surface area contributed by atoms with Crippen LogP contribution < -0.4 is 14.4 Å². The van der Waals surface area contributed by atoms with Crippen LogP contribution in [-0.2, 0) is 26.2 Å². The van der Waals surface area contributed by atoms with Gasteiger partial charge in [-0.15, -0.1) is 0 Å². The molecule has 0 aliphatic carbocycles. The van der Waals surface area contributed by atoms with Gasteiger partial charge >= 0.3 is 0 Å². The SMILES string of the molecule is CCCNC(=O)[C@@H](CC)N(Cc1ccc(OC)cc1)C(=O)CN(c1cccc(Cl)c1)S(=O)(=O)c1ccc(C)cc1. The van der Waals surface area contributed by atoms with E-state index in [4.69, 9.17) is 16.3 Å². The van der Waals surface area contributed by atoms with Crippen molar-refractivity contribution in [3.63, 3.8) is 0 Å². The van der Waals surface area contributed by atoms with E-state index in [2.05, 4.69) is 5.32 Å². The number of carbonyl (C=O) groups is 2. The topological polar surface area (TPSA) is 96.0 Å². The van der Waals surface area contributed by atoms with Gasteiger partial charge in [0.05, 0.1) is 17.7 Å². The highest BCUT2D eigenvalue weighted by atomic mass is 35.5. The third-order valence-corrected chi connectivity index (χ3v) is 8.45. The Morgan fingerprint density at radius 3 is 2.25 bits per heavy atom. The first-order chi connectivity index (χ1) is 19.1. The average molecular weight is 586 g/mol. The first-order valence-corrected chi connectivity index (χ1v) is 15.0. The second-order valence-corrected chi connectivity index (χ2v) is 11.7. The van der Waals surface area contributed by atoms with Crippen LogP contribution in [0.15, 0.2) is 77.7 Å². The number of anilines is 1. The summed E-state index contributed by atoms with van der Waals surface area (Å²) >= 11 is 6.22. The number of nitrogens with zero attached hydrogens (tertiary/aromatic N) is 2. The Bertz CT molecular complexity index is 1400. The predicted molar refractivity (Wildman–Crippen MR) is 158 cm³/mol. The number of ether oxygens (including phenoxy) is 1. The lowest BCUT2D eigenvalue weighted by molar-refractivity contribution is -0.140. The Morgan fingerprint density at radius 1 is 1.00 bits per heavy atom. The van der Waals surface area contributed by atoms with Gasteiger partial charge in [-0.05, 0) is 67.8 Å². The molecular weight excluding hydrogens is 550 g/mol. The summed E-state index contributed by atoms with van der Waals surface area (Å²) in [5.41, 5.74) is 1.92. The van der Waals surface area contributed by atoms with Gasteiger partial charge < -0.3 is 15.0 Å². The fraction of sp³-hybridized carbons (Fsp3) is 0.333. The van der Waals surface area contributed by atoms with Gasteiger partial charge in [-0.25, -0.2) is 8.42 Å². The molecule has 0 unspecified atom stereocenters. The zero-order chi connectivity index (χ0) is 29.3. The van der Waals surface area contributed by atoms with Crippen molar-refractivity contribution in [2.45, 2.75) is 51.1 Å². The molecule has 3 rings (SSSR count). The molecule has 0 aliphatic rings. The van der Waals surface area contributed by atoms with E-state index in [1.807, 2.05) is 32.9 Å². The van der Waals surface area contributed by atoms with Crippen LogP contribution in [0.25, 0.3) is 0 Å². The number of amides is 2. The number of rotatable bonds is 13. The summed E-state index contributed by atoms with van der Waals surface area (Å²) in [4.78, 5) is 28.7. The molecule has 0 heterocycles. The molecule has 0 saturated carbocycles. The van der Waals surface area contributed by atoms with E-state index in [1.54, 1.807) is 49.6 Å². The van der Waals surface area contributed by atoms with Crippen LogP contribution >= 0.6 is 11.6 Å². The molecular formula is C30H36ClN3O5S. The average Bonchev–Trinajstić information content (AvgIpc) is 2.95. The van der Waals surface area contributed by atoms with E-state index in [-0.39, 0.29) is 23.0 Å². The van der Waals surface area contributed by atoms with Crippen LogP contribution in [0.2, 0.25) is 5.02 Å². The monoisotopic (exact) mass is 585 g/mol. The smallest absolute Gasteiger partial charge is 0.264 e. The molecule has 1 atom stereocenters. The molecule has 10 heteroatoms. The summed E-state index contributed by atoms with van der Waals surface area (Å²) in [6.45, 7) is 5.68. The third kappa shape index (κ3) is 7.76. The van der Waals surface area contributed by atoms with Gasteiger partial charge in [-0.1, -0.05) is 61.3 Å². The molecule has 2 amide bonds. The van der Waals surface area contributed by atoms with Crippen LogP contribution in [0.1, 0.15) is 37.8 Å². The summed E-state index contributed by atoms with van der Waals surface area (Å²) < 4.78 is 34.0. The van der Waals surface area contributed by atoms with Gasteiger partial charge in [0.25, 0.3) is 10.0 Å². The van der Waals surface area contributed by atoms with E-state index in [9.17, 15) is 18.0 Å². The zero-order valence-electron chi connectivity index (χ0n) is 23.3. The zero-order valence-corrected chi connectivity index (χ0v) is 24.8. The molecule has 0 spiro atoms. The summed E-state index contributed by atoms with van der Waals surface area (Å²) in [5, 5.41) is 3.20. The molecule has 8 nitrogen and oxygen atoms in total. The minimum absolute atomic E-state index is 0.0420. The number of carbonyl (C=O) groups excluding carboxylic acids is 2. The van der Waals surface area contributed by atoms with E-state index in [0.717, 1.165) is 21.9 Å². The molecule has 0 aliphatic heterocycles. The molecule has 0 saturated heterocycles. The Labute approximate surface area is 241 Å². The second kappa shape index (κ2) is 14.2. The van der Waals surface area contributed by atoms with E-state index in [0.29, 0.717) is 23.7 Å². The molecule has 0 radical (unpaired) electrons. The van der Waals surface area contributed by atoms with Crippen molar-refractivity contribution < 1.29 is 22.7 Å². The highest BCUT2D eigenvalue weighted by Crippen LogP contribution is 2.27.